The molecule has 0 N–H and O–H groups in total. The van der Waals surface area contributed by atoms with Gasteiger partial charge >= 0.3 is 0 Å². The van der Waals surface area contributed by atoms with E-state index in [1.54, 1.807) is 0 Å². The van der Waals surface area contributed by atoms with Crippen LogP contribution in [0.2, 0.25) is 0 Å². The van der Waals surface area contributed by atoms with Crippen molar-refractivity contribution in [2.24, 2.45) is 0 Å². The Morgan fingerprint density at radius 2 is 1.82 bits per heavy atom. The maximum atomic E-state index is 11.6. The summed E-state index contributed by atoms with van der Waals surface area (Å²) in [6.45, 7) is 0. The van der Waals surface area contributed by atoms with Gasteiger partial charge in [-0.05, 0) is 0 Å². The van der Waals surface area contributed by atoms with Crippen LogP contribution in [0, 0.1) is 0 Å². The van der Waals surface area contributed by atoms with Crippen molar-refractivity contribution in [2.75, 3.05) is 14.2 Å². The first-order valence-electron chi connectivity index (χ1n) is 2.73. The van der Waals surface area contributed by atoms with Crippen LogP contribution in [0.4, 0.5) is 8.78 Å². The van der Waals surface area contributed by atoms with E-state index in [0.29, 0.717) is 6.08 Å². The van der Waals surface area contributed by atoms with Crippen LogP contribution < -0.4 is 0 Å². The minimum absolute atomic E-state index is 0.227. The SMILES string of the molecule is COC(=CC(=O)C(F)F)OC. The largest absolute Gasteiger partial charge is 0.469 e. The number of hydrogen-bond acceptors (Lipinski definition) is 3. The van der Waals surface area contributed by atoms with E-state index in [0.717, 1.165) is 0 Å². The van der Waals surface area contributed by atoms with Gasteiger partial charge in [0.25, 0.3) is 12.4 Å². The summed E-state index contributed by atoms with van der Waals surface area (Å²) in [5, 5.41) is 0. The second-order valence-corrected chi connectivity index (χ2v) is 1.57. The Balaban J connectivity index is 4.15. The van der Waals surface area contributed by atoms with Gasteiger partial charge in [0, 0.05) is 0 Å². The molecule has 0 heterocycles. The summed E-state index contributed by atoms with van der Waals surface area (Å²) in [5.74, 6) is -1.56. The number of methoxy groups -OCH3 is 2. The van der Waals surface area contributed by atoms with Crippen molar-refractivity contribution in [1.29, 1.82) is 0 Å². The zero-order chi connectivity index (χ0) is 8.85. The van der Waals surface area contributed by atoms with Crippen LogP contribution in [-0.2, 0) is 14.3 Å². The molecule has 0 aliphatic carbocycles. The first-order valence-corrected chi connectivity index (χ1v) is 2.73. The molecule has 11 heavy (non-hydrogen) atoms. The van der Waals surface area contributed by atoms with Gasteiger partial charge in [0.15, 0.2) is 0 Å². The van der Waals surface area contributed by atoms with Crippen LogP contribution >= 0.6 is 0 Å². The summed E-state index contributed by atoms with van der Waals surface area (Å²) in [7, 11) is 2.43. The number of halogens is 2. The van der Waals surface area contributed by atoms with E-state index in [1.165, 1.54) is 14.2 Å². The Morgan fingerprint density at radius 3 is 2.09 bits per heavy atom. The van der Waals surface area contributed by atoms with Gasteiger partial charge in [-0.1, -0.05) is 0 Å². The molecule has 5 heteroatoms. The van der Waals surface area contributed by atoms with Gasteiger partial charge in [0.1, 0.15) is 0 Å². The van der Waals surface area contributed by atoms with Crippen LogP contribution in [0.25, 0.3) is 0 Å². The number of ketones is 1. The van der Waals surface area contributed by atoms with Gasteiger partial charge in [-0.25, -0.2) is 8.78 Å². The molecule has 0 aliphatic heterocycles. The fourth-order valence-corrected chi connectivity index (χ4v) is 0.380. The lowest BCUT2D eigenvalue weighted by Gasteiger charge is -2.01. The lowest BCUT2D eigenvalue weighted by molar-refractivity contribution is -0.125. The molecule has 0 fully saturated rings. The predicted octanol–water partition coefficient (Wildman–Crippen LogP) is 0.955. The minimum Gasteiger partial charge on any atom is -0.469 e. The van der Waals surface area contributed by atoms with Crippen molar-refractivity contribution in [3.63, 3.8) is 0 Å². The van der Waals surface area contributed by atoms with Gasteiger partial charge in [0.05, 0.1) is 20.3 Å². The molecule has 0 aromatic rings. The molecule has 0 aromatic heterocycles. The topological polar surface area (TPSA) is 35.5 Å². The third-order valence-electron chi connectivity index (χ3n) is 0.878. The van der Waals surface area contributed by atoms with Gasteiger partial charge in [0.2, 0.25) is 5.78 Å². The average molecular weight is 166 g/mol. The van der Waals surface area contributed by atoms with E-state index in [1.807, 2.05) is 0 Å². The van der Waals surface area contributed by atoms with Crippen LogP contribution in [0.5, 0.6) is 0 Å². The summed E-state index contributed by atoms with van der Waals surface area (Å²) in [5.41, 5.74) is 0. The molecule has 0 spiro atoms. The molecule has 0 atom stereocenters. The van der Waals surface area contributed by atoms with Crippen molar-refractivity contribution < 1.29 is 23.0 Å². The first-order chi connectivity index (χ1) is 5.11. The highest BCUT2D eigenvalue weighted by atomic mass is 19.3. The first kappa shape index (κ1) is 9.87. The molecule has 0 aromatic carbocycles. The highest BCUT2D eigenvalue weighted by molar-refractivity contribution is 5.92. The van der Waals surface area contributed by atoms with Crippen LogP contribution in [0.15, 0.2) is 12.0 Å². The fraction of sp³-hybridized carbons (Fsp3) is 0.500. The predicted molar refractivity (Wildman–Crippen MR) is 33.1 cm³/mol. The molecule has 0 unspecified atom stereocenters. The molecule has 0 amide bonds. The van der Waals surface area contributed by atoms with Crippen LogP contribution in [-0.4, -0.2) is 26.4 Å². The average Bonchev–Trinajstić information content (AvgIpc) is 1.99. The van der Waals surface area contributed by atoms with Crippen molar-refractivity contribution in [2.45, 2.75) is 6.43 Å². The second kappa shape index (κ2) is 4.65. The highest BCUT2D eigenvalue weighted by Gasteiger charge is 2.13. The number of ether oxygens (including phenoxy) is 2. The number of allylic oxidation sites excluding steroid dienone is 1. The van der Waals surface area contributed by atoms with Crippen LogP contribution in [0.1, 0.15) is 0 Å². The third-order valence-corrected chi connectivity index (χ3v) is 0.878. The fourth-order valence-electron chi connectivity index (χ4n) is 0.380. The standard InChI is InChI=1S/C6H8F2O3/c1-10-5(11-2)3-4(9)6(7)8/h3,6H,1-2H3. The highest BCUT2D eigenvalue weighted by Crippen LogP contribution is 2.01. The molecule has 64 valence electrons. The zero-order valence-electron chi connectivity index (χ0n) is 6.14. The quantitative estimate of drug-likeness (QED) is 0.460. The summed E-state index contributed by atoms with van der Waals surface area (Å²) in [4.78, 5) is 10.3. The maximum Gasteiger partial charge on any atom is 0.300 e. The van der Waals surface area contributed by atoms with E-state index in [9.17, 15) is 13.6 Å². The summed E-state index contributed by atoms with van der Waals surface area (Å²) >= 11 is 0. The Hall–Kier alpha value is -1.13. The third kappa shape index (κ3) is 3.54. The van der Waals surface area contributed by atoms with Crippen molar-refractivity contribution in [3.8, 4) is 0 Å². The summed E-state index contributed by atoms with van der Waals surface area (Å²) in [6, 6.07) is 0. The Bertz CT molecular complexity index is 159. The van der Waals surface area contributed by atoms with Gasteiger partial charge in [-0.2, -0.15) is 0 Å². The van der Waals surface area contributed by atoms with Gasteiger partial charge in [-0.15, -0.1) is 0 Å². The van der Waals surface area contributed by atoms with Gasteiger partial charge in [-0.3, -0.25) is 4.79 Å². The number of rotatable bonds is 4. The molecule has 0 aliphatic rings. The van der Waals surface area contributed by atoms with Crippen LogP contribution in [0.3, 0.4) is 0 Å². The smallest absolute Gasteiger partial charge is 0.300 e. The van der Waals surface area contributed by atoms with Crippen molar-refractivity contribution in [3.05, 3.63) is 12.0 Å². The molecule has 0 bridgehead atoms. The molecule has 0 saturated carbocycles. The van der Waals surface area contributed by atoms with E-state index >= 15 is 0 Å². The lowest BCUT2D eigenvalue weighted by atomic mass is 10.4. The second-order valence-electron chi connectivity index (χ2n) is 1.57. The minimum atomic E-state index is -3.02. The van der Waals surface area contributed by atoms with Crippen molar-refractivity contribution in [1.82, 2.24) is 0 Å². The van der Waals surface area contributed by atoms with E-state index in [4.69, 9.17) is 0 Å². The number of hydrogen-bond donors (Lipinski definition) is 0. The van der Waals surface area contributed by atoms with E-state index in [-0.39, 0.29) is 5.95 Å². The summed E-state index contributed by atoms with van der Waals surface area (Å²) in [6.07, 6.45) is -2.42. The maximum absolute atomic E-state index is 11.6. The summed E-state index contributed by atoms with van der Waals surface area (Å²) < 4.78 is 31.9. The Morgan fingerprint density at radius 1 is 1.36 bits per heavy atom. The molecule has 3 nitrogen and oxygen atoms in total. The molecular formula is C6H8F2O3. The van der Waals surface area contributed by atoms with E-state index < -0.39 is 12.2 Å². The Kier molecular flexibility index (Phi) is 4.17. The Labute approximate surface area is 62.6 Å². The number of carbonyl (C=O) groups excluding carboxylic acids is 1. The zero-order valence-corrected chi connectivity index (χ0v) is 6.14. The number of alkyl halides is 2. The van der Waals surface area contributed by atoms with Crippen molar-refractivity contribution >= 4 is 5.78 Å². The molecule has 0 rings (SSSR count). The van der Waals surface area contributed by atoms with E-state index in [2.05, 4.69) is 9.47 Å². The van der Waals surface area contributed by atoms with Gasteiger partial charge < -0.3 is 9.47 Å². The molecule has 0 saturated heterocycles. The number of carbonyl (C=O) groups is 1. The monoisotopic (exact) mass is 166 g/mol. The molecule has 0 radical (unpaired) electrons. The lowest BCUT2D eigenvalue weighted by Crippen LogP contribution is -2.07. The molecular weight excluding hydrogens is 158 g/mol. The normalized spacial score (nSPS) is 9.18.